The molecule has 0 heterocycles. The second kappa shape index (κ2) is 9.47. The lowest BCUT2D eigenvalue weighted by molar-refractivity contribution is -0.385. The fraction of sp³-hybridized carbons (Fsp3) is 0.136. The van der Waals surface area contributed by atoms with Crippen LogP contribution in [0.5, 0.6) is 0 Å². The molecule has 3 aromatic rings. The number of hydrogen-bond donors (Lipinski definition) is 0. The number of ketones is 1. The molecule has 0 amide bonds. The highest BCUT2D eigenvalue weighted by Crippen LogP contribution is 2.26. The van der Waals surface area contributed by atoms with Crippen LogP contribution < -0.4 is 4.90 Å². The van der Waals surface area contributed by atoms with E-state index in [4.69, 9.17) is 0 Å². The summed E-state index contributed by atoms with van der Waals surface area (Å²) in [6.07, 6.45) is -4.99. The second-order valence-electron chi connectivity index (χ2n) is 7.08. The average molecular weight is 459 g/mol. The number of Topliss-reactive ketones (excluding diaryl/α,β-unsaturated/α-hetero) is 1. The first-order chi connectivity index (χ1) is 15.5. The molecule has 8 nitrogen and oxygen atoms in total. The van der Waals surface area contributed by atoms with Crippen molar-refractivity contribution in [1.82, 2.24) is 0 Å². The number of halogens is 3. The van der Waals surface area contributed by atoms with Gasteiger partial charge in [-0.1, -0.05) is 24.3 Å². The van der Waals surface area contributed by atoms with E-state index in [1.807, 2.05) is 0 Å². The van der Waals surface area contributed by atoms with Crippen LogP contribution in [0.1, 0.15) is 21.5 Å². The van der Waals surface area contributed by atoms with Crippen molar-refractivity contribution in [1.29, 1.82) is 0 Å². The van der Waals surface area contributed by atoms with E-state index in [0.29, 0.717) is 16.8 Å². The highest BCUT2D eigenvalue weighted by molar-refractivity contribution is 6.00. The SMILES string of the molecule is O=C(c1ccc(N(Cc2ccc([N+](=O)[O-])cc2)Cc2ccc([N+](=O)[O-])cc2)cc1)C(F)(F)F. The van der Waals surface area contributed by atoms with Gasteiger partial charge in [0.15, 0.2) is 0 Å². The quantitative estimate of drug-likeness (QED) is 0.252. The molecule has 0 N–H and O–H groups in total. The lowest BCUT2D eigenvalue weighted by Crippen LogP contribution is -2.24. The van der Waals surface area contributed by atoms with Gasteiger partial charge in [-0.2, -0.15) is 13.2 Å². The minimum Gasteiger partial charge on any atom is -0.363 e. The van der Waals surface area contributed by atoms with Crippen molar-refractivity contribution in [3.63, 3.8) is 0 Å². The van der Waals surface area contributed by atoms with Crippen LogP contribution in [0.25, 0.3) is 0 Å². The van der Waals surface area contributed by atoms with Crippen LogP contribution in [0.2, 0.25) is 0 Å². The van der Waals surface area contributed by atoms with Crippen LogP contribution >= 0.6 is 0 Å². The zero-order valence-electron chi connectivity index (χ0n) is 16.9. The Morgan fingerprint density at radius 1 is 0.727 bits per heavy atom. The van der Waals surface area contributed by atoms with Gasteiger partial charge in [0.2, 0.25) is 0 Å². The minimum absolute atomic E-state index is 0.0873. The van der Waals surface area contributed by atoms with E-state index in [2.05, 4.69) is 0 Å². The van der Waals surface area contributed by atoms with Gasteiger partial charge in [0, 0.05) is 48.6 Å². The van der Waals surface area contributed by atoms with Crippen LogP contribution in [-0.2, 0) is 13.1 Å². The fourth-order valence-electron chi connectivity index (χ4n) is 3.11. The summed E-state index contributed by atoms with van der Waals surface area (Å²) in [5.41, 5.74) is 1.20. The molecule has 0 saturated carbocycles. The van der Waals surface area contributed by atoms with Crippen LogP contribution in [0.15, 0.2) is 72.8 Å². The van der Waals surface area contributed by atoms with Crippen LogP contribution in [-0.4, -0.2) is 21.8 Å². The maximum atomic E-state index is 12.7. The number of carbonyl (C=O) groups excluding carboxylic acids is 1. The molecule has 3 rings (SSSR count). The predicted molar refractivity (Wildman–Crippen MR) is 113 cm³/mol. The molecule has 0 atom stereocenters. The molecular formula is C22H16F3N3O5. The molecule has 0 unspecified atom stereocenters. The number of nitro groups is 2. The third kappa shape index (κ3) is 5.91. The highest BCUT2D eigenvalue weighted by atomic mass is 19.4. The number of rotatable bonds is 8. The molecule has 0 aliphatic heterocycles. The van der Waals surface area contributed by atoms with Gasteiger partial charge in [-0.15, -0.1) is 0 Å². The summed E-state index contributed by atoms with van der Waals surface area (Å²) in [5, 5.41) is 21.7. The van der Waals surface area contributed by atoms with Gasteiger partial charge in [0.1, 0.15) is 0 Å². The van der Waals surface area contributed by atoms with E-state index >= 15 is 0 Å². The Balaban J connectivity index is 1.89. The Morgan fingerprint density at radius 2 is 1.12 bits per heavy atom. The van der Waals surface area contributed by atoms with E-state index in [9.17, 15) is 38.2 Å². The van der Waals surface area contributed by atoms with Crippen LogP contribution in [0.3, 0.4) is 0 Å². The highest BCUT2D eigenvalue weighted by Gasteiger charge is 2.39. The lowest BCUT2D eigenvalue weighted by atomic mass is 10.1. The summed E-state index contributed by atoms with van der Waals surface area (Å²) in [5.74, 6) is -1.95. The molecule has 0 bridgehead atoms. The molecule has 0 aliphatic rings. The number of hydrogen-bond acceptors (Lipinski definition) is 6. The Kier molecular flexibility index (Phi) is 6.71. The number of alkyl halides is 3. The molecule has 0 aromatic heterocycles. The number of non-ortho nitro benzene ring substituents is 2. The van der Waals surface area contributed by atoms with Gasteiger partial charge in [-0.05, 0) is 35.4 Å². The first-order valence-corrected chi connectivity index (χ1v) is 9.48. The largest absolute Gasteiger partial charge is 0.454 e. The van der Waals surface area contributed by atoms with Crippen molar-refractivity contribution >= 4 is 22.8 Å². The predicted octanol–water partition coefficient (Wildman–Crippen LogP) is 5.45. The summed E-state index contributed by atoms with van der Waals surface area (Å²) >= 11 is 0. The van der Waals surface area contributed by atoms with Crippen molar-refractivity contribution in [2.75, 3.05) is 4.90 Å². The lowest BCUT2D eigenvalue weighted by Gasteiger charge is -2.25. The van der Waals surface area contributed by atoms with Gasteiger partial charge >= 0.3 is 6.18 Å². The fourth-order valence-corrected chi connectivity index (χ4v) is 3.11. The van der Waals surface area contributed by atoms with E-state index < -0.39 is 27.4 Å². The molecule has 0 spiro atoms. The van der Waals surface area contributed by atoms with Gasteiger partial charge in [0.25, 0.3) is 17.2 Å². The molecule has 0 radical (unpaired) electrons. The average Bonchev–Trinajstić information content (AvgIpc) is 2.78. The molecule has 3 aromatic carbocycles. The van der Waals surface area contributed by atoms with E-state index in [-0.39, 0.29) is 24.5 Å². The van der Waals surface area contributed by atoms with Crippen molar-refractivity contribution in [2.45, 2.75) is 19.3 Å². The van der Waals surface area contributed by atoms with Crippen LogP contribution in [0.4, 0.5) is 30.2 Å². The number of anilines is 1. The minimum atomic E-state index is -4.99. The number of nitro benzene ring substituents is 2. The van der Waals surface area contributed by atoms with Gasteiger partial charge in [-0.25, -0.2) is 0 Å². The van der Waals surface area contributed by atoms with Crippen LogP contribution in [0, 0.1) is 20.2 Å². The zero-order chi connectivity index (χ0) is 24.2. The summed E-state index contributed by atoms with van der Waals surface area (Å²) < 4.78 is 38.1. The molecule has 0 fully saturated rings. The number of benzene rings is 3. The summed E-state index contributed by atoms with van der Waals surface area (Å²) in [6.45, 7) is 0.475. The molecule has 170 valence electrons. The van der Waals surface area contributed by atoms with Gasteiger partial charge in [0.05, 0.1) is 9.85 Å². The second-order valence-corrected chi connectivity index (χ2v) is 7.08. The van der Waals surface area contributed by atoms with Crippen molar-refractivity contribution in [3.05, 3.63) is 110 Å². The van der Waals surface area contributed by atoms with E-state index in [0.717, 1.165) is 12.1 Å². The van der Waals surface area contributed by atoms with Crippen molar-refractivity contribution in [3.8, 4) is 0 Å². The smallest absolute Gasteiger partial charge is 0.363 e. The Labute approximate surface area is 185 Å². The Morgan fingerprint density at radius 3 is 1.45 bits per heavy atom. The molecular weight excluding hydrogens is 443 g/mol. The van der Waals surface area contributed by atoms with Gasteiger partial charge < -0.3 is 4.90 Å². The zero-order valence-corrected chi connectivity index (χ0v) is 16.9. The van der Waals surface area contributed by atoms with E-state index in [1.165, 1.54) is 36.4 Å². The van der Waals surface area contributed by atoms with Gasteiger partial charge in [-0.3, -0.25) is 25.0 Å². The maximum absolute atomic E-state index is 12.7. The van der Waals surface area contributed by atoms with Crippen molar-refractivity contribution < 1.29 is 27.8 Å². The Bertz CT molecular complexity index is 1100. The monoisotopic (exact) mass is 459 g/mol. The first-order valence-electron chi connectivity index (χ1n) is 9.48. The summed E-state index contributed by atoms with van der Waals surface area (Å²) in [7, 11) is 0. The molecule has 11 heteroatoms. The topological polar surface area (TPSA) is 107 Å². The first kappa shape index (κ1) is 23.4. The number of nitrogens with zero attached hydrogens (tertiary/aromatic N) is 3. The molecule has 0 aliphatic carbocycles. The maximum Gasteiger partial charge on any atom is 0.454 e. The number of carbonyl (C=O) groups is 1. The summed E-state index contributed by atoms with van der Waals surface area (Å²) in [6, 6.07) is 16.5. The third-order valence-corrected chi connectivity index (χ3v) is 4.79. The van der Waals surface area contributed by atoms with E-state index in [1.54, 1.807) is 29.2 Å². The van der Waals surface area contributed by atoms with Crippen molar-refractivity contribution in [2.24, 2.45) is 0 Å². The Hall–Kier alpha value is -4.28. The molecule has 0 saturated heterocycles. The molecule has 33 heavy (non-hydrogen) atoms. The standard InChI is InChI=1S/C22H16F3N3O5/c23-22(24,25)21(29)17-5-11-18(12-6-17)26(13-15-1-7-19(8-2-15)27(30)31)14-16-3-9-20(10-4-16)28(32)33/h1-12H,13-14H2. The normalized spacial score (nSPS) is 11.1. The third-order valence-electron chi connectivity index (χ3n) is 4.79. The summed E-state index contributed by atoms with van der Waals surface area (Å²) in [4.78, 5) is 33.9.